The number of amides is 2. The maximum atomic E-state index is 12.4. The van der Waals surface area contributed by atoms with Crippen LogP contribution in [0.3, 0.4) is 0 Å². The predicted octanol–water partition coefficient (Wildman–Crippen LogP) is 1.65. The zero-order valence-corrected chi connectivity index (χ0v) is 12.0. The van der Waals surface area contributed by atoms with Crippen molar-refractivity contribution in [2.75, 3.05) is 31.6 Å². The number of urea groups is 1. The van der Waals surface area contributed by atoms with Crippen molar-refractivity contribution in [1.82, 2.24) is 4.90 Å². The van der Waals surface area contributed by atoms with Gasteiger partial charge in [0.05, 0.1) is 18.7 Å². The molecule has 1 aromatic rings. The molecule has 2 N–H and O–H groups in total. The van der Waals surface area contributed by atoms with Crippen molar-refractivity contribution in [2.45, 2.75) is 12.8 Å². The van der Waals surface area contributed by atoms with E-state index >= 15 is 0 Å². The lowest BCUT2D eigenvalue weighted by Gasteiger charge is -2.28. The number of hydrogen-bond donors (Lipinski definition) is 2. The summed E-state index contributed by atoms with van der Waals surface area (Å²) < 4.78 is 0. The van der Waals surface area contributed by atoms with E-state index in [1.54, 1.807) is 24.1 Å². The molecule has 1 aromatic carbocycles. The zero-order valence-electron chi connectivity index (χ0n) is 12.0. The molecule has 6 nitrogen and oxygen atoms in total. The number of benzene rings is 1. The van der Waals surface area contributed by atoms with E-state index in [-0.39, 0.29) is 24.7 Å². The van der Waals surface area contributed by atoms with Crippen molar-refractivity contribution in [3.05, 3.63) is 29.8 Å². The van der Waals surface area contributed by atoms with E-state index in [9.17, 15) is 9.59 Å². The maximum absolute atomic E-state index is 12.4. The lowest BCUT2D eigenvalue weighted by atomic mass is 10.2. The summed E-state index contributed by atoms with van der Waals surface area (Å²) in [5.41, 5.74) is 0.753. The van der Waals surface area contributed by atoms with Gasteiger partial charge in [0.2, 0.25) is 0 Å². The number of nitrogens with zero attached hydrogens (tertiary/aromatic N) is 2. The fourth-order valence-corrected chi connectivity index (χ4v) is 2.19. The molecule has 0 aliphatic heterocycles. The van der Waals surface area contributed by atoms with Crippen molar-refractivity contribution in [2.24, 2.45) is 5.92 Å². The Morgan fingerprint density at radius 1 is 1.24 bits per heavy atom. The van der Waals surface area contributed by atoms with Gasteiger partial charge in [-0.3, -0.25) is 4.90 Å². The quantitative estimate of drug-likeness (QED) is 0.835. The van der Waals surface area contributed by atoms with Gasteiger partial charge in [0.15, 0.2) is 0 Å². The number of carboxylic acids is 1. The molecule has 0 heterocycles. The van der Waals surface area contributed by atoms with E-state index in [1.807, 2.05) is 0 Å². The number of rotatable bonds is 6. The molecule has 1 saturated carbocycles. The number of aliphatic hydroxyl groups excluding tert-OH is 1. The third kappa shape index (κ3) is 3.95. The van der Waals surface area contributed by atoms with Crippen molar-refractivity contribution in [3.63, 3.8) is 0 Å². The van der Waals surface area contributed by atoms with Gasteiger partial charge in [-0.25, -0.2) is 9.59 Å². The average molecular weight is 292 g/mol. The molecule has 0 saturated heterocycles. The maximum Gasteiger partial charge on any atom is 0.335 e. The molecular weight excluding hydrogens is 272 g/mol. The van der Waals surface area contributed by atoms with Crippen LogP contribution in [-0.4, -0.2) is 53.9 Å². The first kappa shape index (κ1) is 15.3. The first-order chi connectivity index (χ1) is 10.0. The number of aliphatic hydroxyl groups is 1. The van der Waals surface area contributed by atoms with Gasteiger partial charge in [-0.2, -0.15) is 0 Å². The highest BCUT2D eigenvalue weighted by atomic mass is 16.4. The molecule has 1 aliphatic rings. The van der Waals surface area contributed by atoms with Gasteiger partial charge >= 0.3 is 12.0 Å². The summed E-state index contributed by atoms with van der Waals surface area (Å²) in [5, 5.41) is 18.1. The molecular formula is C15H20N2O4. The molecule has 0 aromatic heterocycles. The van der Waals surface area contributed by atoms with Crippen LogP contribution in [0, 0.1) is 5.92 Å². The number of hydrogen-bond acceptors (Lipinski definition) is 3. The van der Waals surface area contributed by atoms with E-state index in [2.05, 4.69) is 0 Å². The summed E-state index contributed by atoms with van der Waals surface area (Å²) in [6, 6.07) is 5.90. The van der Waals surface area contributed by atoms with Gasteiger partial charge in [-0.05, 0) is 43.0 Å². The van der Waals surface area contributed by atoms with Crippen molar-refractivity contribution >= 4 is 17.7 Å². The van der Waals surface area contributed by atoms with Crippen LogP contribution < -0.4 is 4.90 Å². The number of aromatic carboxylic acids is 1. The molecule has 2 rings (SSSR count). The van der Waals surface area contributed by atoms with Crippen LogP contribution in [0.4, 0.5) is 10.5 Å². The number of anilines is 1. The lowest BCUT2D eigenvalue weighted by Crippen LogP contribution is -2.43. The van der Waals surface area contributed by atoms with Gasteiger partial charge in [0, 0.05) is 19.3 Å². The molecule has 114 valence electrons. The normalized spacial score (nSPS) is 13.8. The van der Waals surface area contributed by atoms with E-state index in [4.69, 9.17) is 10.2 Å². The average Bonchev–Trinajstić information content (AvgIpc) is 3.28. The number of carbonyl (C=O) groups is 2. The summed E-state index contributed by atoms with van der Waals surface area (Å²) in [4.78, 5) is 26.4. The molecule has 0 atom stereocenters. The van der Waals surface area contributed by atoms with Gasteiger partial charge in [-0.1, -0.05) is 0 Å². The van der Waals surface area contributed by atoms with Crippen LogP contribution in [-0.2, 0) is 0 Å². The minimum Gasteiger partial charge on any atom is -0.478 e. The van der Waals surface area contributed by atoms with E-state index in [1.165, 1.54) is 17.0 Å². The summed E-state index contributed by atoms with van der Waals surface area (Å²) in [7, 11) is 1.75. The molecule has 6 heteroatoms. The minimum absolute atomic E-state index is 0.149. The highest BCUT2D eigenvalue weighted by Crippen LogP contribution is 2.29. The van der Waals surface area contributed by atoms with Gasteiger partial charge in [-0.15, -0.1) is 0 Å². The summed E-state index contributed by atoms with van der Waals surface area (Å²) >= 11 is 0. The van der Waals surface area contributed by atoms with Crippen molar-refractivity contribution in [3.8, 4) is 0 Å². The van der Waals surface area contributed by atoms with Gasteiger partial charge in [0.1, 0.15) is 0 Å². The summed E-state index contributed by atoms with van der Waals surface area (Å²) in [6.07, 6.45) is 2.32. The van der Waals surface area contributed by atoms with Crippen LogP contribution >= 0.6 is 0 Å². The van der Waals surface area contributed by atoms with E-state index in [0.717, 1.165) is 12.8 Å². The third-order valence-corrected chi connectivity index (χ3v) is 3.54. The lowest BCUT2D eigenvalue weighted by molar-refractivity contribution is 0.0697. The highest BCUT2D eigenvalue weighted by molar-refractivity contribution is 5.93. The van der Waals surface area contributed by atoms with Crippen LogP contribution in [0.5, 0.6) is 0 Å². The summed E-state index contributed by atoms with van der Waals surface area (Å²) in [5.74, 6) is -0.420. The second-order valence-corrected chi connectivity index (χ2v) is 5.33. The van der Waals surface area contributed by atoms with Gasteiger partial charge < -0.3 is 15.1 Å². The number of carboxylic acid groups (broad SMARTS) is 1. The minimum atomic E-state index is -1.01. The largest absolute Gasteiger partial charge is 0.478 e. The molecule has 1 fully saturated rings. The monoisotopic (exact) mass is 292 g/mol. The standard InChI is InChI=1S/C15H20N2O4/c1-16(10-11-2-3-11)15(21)17(8-9-18)13-6-4-12(5-7-13)14(19)20/h4-7,11,18H,2-3,8-10H2,1H3,(H,19,20). The molecule has 1 aliphatic carbocycles. The fourth-order valence-electron chi connectivity index (χ4n) is 2.19. The molecule has 0 radical (unpaired) electrons. The smallest absolute Gasteiger partial charge is 0.335 e. The second kappa shape index (κ2) is 6.58. The molecule has 0 bridgehead atoms. The topological polar surface area (TPSA) is 81.1 Å². The molecule has 0 spiro atoms. The van der Waals surface area contributed by atoms with Gasteiger partial charge in [0.25, 0.3) is 0 Å². The fraction of sp³-hybridized carbons (Fsp3) is 0.467. The highest BCUT2D eigenvalue weighted by Gasteiger charge is 2.27. The predicted molar refractivity (Wildman–Crippen MR) is 78.6 cm³/mol. The Labute approximate surface area is 123 Å². The molecule has 0 unspecified atom stereocenters. The Kier molecular flexibility index (Phi) is 4.80. The Bertz CT molecular complexity index is 511. The Balaban J connectivity index is 2.12. The van der Waals surface area contributed by atoms with Crippen molar-refractivity contribution in [1.29, 1.82) is 0 Å². The Hall–Kier alpha value is -2.08. The Morgan fingerprint density at radius 3 is 2.33 bits per heavy atom. The van der Waals surface area contributed by atoms with E-state index in [0.29, 0.717) is 18.2 Å². The molecule has 2 amide bonds. The van der Waals surface area contributed by atoms with Crippen LogP contribution in [0.1, 0.15) is 23.2 Å². The first-order valence-electron chi connectivity index (χ1n) is 6.99. The number of carbonyl (C=O) groups excluding carboxylic acids is 1. The molecule has 21 heavy (non-hydrogen) atoms. The first-order valence-corrected chi connectivity index (χ1v) is 6.99. The third-order valence-electron chi connectivity index (χ3n) is 3.54. The van der Waals surface area contributed by atoms with Crippen LogP contribution in [0.2, 0.25) is 0 Å². The SMILES string of the molecule is CN(CC1CC1)C(=O)N(CCO)c1ccc(C(=O)O)cc1. The summed E-state index contributed by atoms with van der Waals surface area (Å²) in [6.45, 7) is 0.748. The van der Waals surface area contributed by atoms with E-state index < -0.39 is 5.97 Å². The van der Waals surface area contributed by atoms with Crippen molar-refractivity contribution < 1.29 is 19.8 Å². The second-order valence-electron chi connectivity index (χ2n) is 5.33. The zero-order chi connectivity index (χ0) is 15.4. The Morgan fingerprint density at radius 2 is 1.86 bits per heavy atom. The van der Waals surface area contributed by atoms with Crippen LogP contribution in [0.15, 0.2) is 24.3 Å². The van der Waals surface area contributed by atoms with Crippen LogP contribution in [0.25, 0.3) is 0 Å².